The number of methoxy groups -OCH3 is 1. The molecule has 1 aliphatic heterocycles. The molecule has 0 aromatic heterocycles. The molecule has 150 valence electrons. The van der Waals surface area contributed by atoms with E-state index in [1.54, 1.807) is 67.6 Å². The Kier molecular flexibility index (Phi) is 5.29. The Morgan fingerprint density at radius 3 is 2.07 bits per heavy atom. The highest BCUT2D eigenvalue weighted by Gasteiger charge is 2.42. The van der Waals surface area contributed by atoms with Crippen molar-refractivity contribution >= 4 is 40.4 Å². The van der Waals surface area contributed by atoms with E-state index < -0.39 is 0 Å². The van der Waals surface area contributed by atoms with E-state index in [4.69, 9.17) is 16.3 Å². The van der Waals surface area contributed by atoms with Gasteiger partial charge in [0.2, 0.25) is 0 Å². The molecule has 3 aromatic carbocycles. The van der Waals surface area contributed by atoms with Crippen molar-refractivity contribution in [1.29, 1.82) is 0 Å². The van der Waals surface area contributed by atoms with Crippen molar-refractivity contribution in [3.05, 3.63) is 95.1 Å². The average Bonchev–Trinajstić information content (AvgIpc) is 3.04. The molecule has 2 amide bonds. The van der Waals surface area contributed by atoms with E-state index in [-0.39, 0.29) is 11.8 Å². The topological polar surface area (TPSA) is 49.9 Å². The van der Waals surface area contributed by atoms with Crippen molar-refractivity contribution in [2.24, 2.45) is 0 Å². The van der Waals surface area contributed by atoms with Gasteiger partial charge in [-0.05, 0) is 54.1 Å². The van der Waals surface area contributed by atoms with E-state index in [1.165, 1.54) is 4.90 Å². The molecular weight excluding hydrogens is 400 g/mol. The van der Waals surface area contributed by atoms with Crippen molar-refractivity contribution in [2.45, 2.75) is 0 Å². The van der Waals surface area contributed by atoms with Gasteiger partial charge in [-0.3, -0.25) is 9.59 Å². The van der Waals surface area contributed by atoms with Crippen LogP contribution < -0.4 is 14.5 Å². The first kappa shape index (κ1) is 19.7. The van der Waals surface area contributed by atoms with Gasteiger partial charge in [0.25, 0.3) is 11.8 Å². The molecule has 0 aliphatic carbocycles. The largest absolute Gasteiger partial charge is 0.497 e. The molecule has 0 fully saturated rings. The highest BCUT2D eigenvalue weighted by atomic mass is 35.5. The summed E-state index contributed by atoms with van der Waals surface area (Å²) in [7, 11) is 3.34. The third kappa shape index (κ3) is 3.44. The van der Waals surface area contributed by atoms with E-state index in [9.17, 15) is 9.59 Å². The Morgan fingerprint density at radius 1 is 0.833 bits per heavy atom. The Morgan fingerprint density at radius 2 is 1.47 bits per heavy atom. The van der Waals surface area contributed by atoms with E-state index >= 15 is 0 Å². The summed E-state index contributed by atoms with van der Waals surface area (Å²) in [5, 5.41) is 0.557. The predicted octanol–water partition coefficient (Wildman–Crippen LogP) is 4.77. The summed E-state index contributed by atoms with van der Waals surface area (Å²) in [6, 6.07) is 23.2. The zero-order valence-corrected chi connectivity index (χ0v) is 17.3. The maximum atomic E-state index is 13.5. The van der Waals surface area contributed by atoms with Crippen molar-refractivity contribution in [1.82, 2.24) is 0 Å². The van der Waals surface area contributed by atoms with Crippen LogP contribution in [0.2, 0.25) is 5.02 Å². The van der Waals surface area contributed by atoms with Gasteiger partial charge in [0.05, 0.1) is 18.4 Å². The molecule has 1 heterocycles. The minimum Gasteiger partial charge on any atom is -0.497 e. The highest BCUT2D eigenvalue weighted by molar-refractivity contribution is 6.46. The molecule has 0 bridgehead atoms. The van der Waals surface area contributed by atoms with Gasteiger partial charge in [-0.1, -0.05) is 41.9 Å². The quantitative estimate of drug-likeness (QED) is 0.560. The zero-order valence-electron chi connectivity index (χ0n) is 16.5. The number of para-hydroxylation sites is 1. The smallest absolute Gasteiger partial charge is 0.282 e. The SMILES string of the molecule is COc1ccc(N2C(=O)C(c3ccc(Cl)cc3)=C(N(C)c3ccccc3)C2=O)cc1. The third-order valence-electron chi connectivity index (χ3n) is 5.00. The van der Waals surface area contributed by atoms with Gasteiger partial charge in [-0.25, -0.2) is 4.90 Å². The molecular formula is C24H19ClN2O3. The van der Waals surface area contributed by atoms with Gasteiger partial charge in [0.15, 0.2) is 0 Å². The van der Waals surface area contributed by atoms with Gasteiger partial charge < -0.3 is 9.64 Å². The molecule has 1 aliphatic rings. The molecule has 0 radical (unpaired) electrons. The number of hydrogen-bond donors (Lipinski definition) is 0. The van der Waals surface area contributed by atoms with E-state index in [1.807, 2.05) is 30.3 Å². The molecule has 0 saturated carbocycles. The number of imide groups is 1. The number of benzene rings is 3. The molecule has 4 rings (SSSR count). The zero-order chi connectivity index (χ0) is 21.3. The van der Waals surface area contributed by atoms with Gasteiger partial charge >= 0.3 is 0 Å². The van der Waals surface area contributed by atoms with Crippen LogP contribution in [0.5, 0.6) is 5.75 Å². The van der Waals surface area contributed by atoms with Crippen LogP contribution >= 0.6 is 11.6 Å². The predicted molar refractivity (Wildman–Crippen MR) is 119 cm³/mol. The Hall–Kier alpha value is -3.57. The lowest BCUT2D eigenvalue weighted by molar-refractivity contribution is -0.120. The number of amides is 2. The van der Waals surface area contributed by atoms with Crippen LogP contribution in [0.15, 0.2) is 84.6 Å². The minimum atomic E-state index is -0.388. The monoisotopic (exact) mass is 418 g/mol. The number of carbonyl (C=O) groups excluding carboxylic acids is 2. The van der Waals surface area contributed by atoms with Crippen LogP contribution in [-0.2, 0) is 9.59 Å². The maximum Gasteiger partial charge on any atom is 0.282 e. The number of hydrogen-bond acceptors (Lipinski definition) is 4. The summed E-state index contributed by atoms with van der Waals surface area (Å²) < 4.78 is 5.18. The van der Waals surface area contributed by atoms with Crippen LogP contribution in [0.1, 0.15) is 5.56 Å². The molecule has 6 heteroatoms. The molecule has 3 aromatic rings. The first-order valence-electron chi connectivity index (χ1n) is 9.33. The fourth-order valence-electron chi connectivity index (χ4n) is 3.45. The Bertz CT molecular complexity index is 1120. The fourth-order valence-corrected chi connectivity index (χ4v) is 3.58. The standard InChI is InChI=1S/C24H19ClN2O3/c1-26(18-6-4-3-5-7-18)22-21(16-8-10-17(25)11-9-16)23(28)27(24(22)29)19-12-14-20(30-2)15-13-19/h3-15H,1-2H3. The molecule has 0 unspecified atom stereocenters. The second kappa shape index (κ2) is 8.05. The first-order chi connectivity index (χ1) is 14.5. The summed E-state index contributed by atoms with van der Waals surface area (Å²) in [6.45, 7) is 0. The van der Waals surface area contributed by atoms with Crippen molar-refractivity contribution < 1.29 is 14.3 Å². The van der Waals surface area contributed by atoms with Crippen LogP contribution in [-0.4, -0.2) is 26.0 Å². The number of ether oxygens (including phenoxy) is 1. The molecule has 30 heavy (non-hydrogen) atoms. The molecule has 0 atom stereocenters. The second-order valence-electron chi connectivity index (χ2n) is 6.77. The molecule has 0 spiro atoms. The molecule has 0 saturated heterocycles. The summed E-state index contributed by atoms with van der Waals surface area (Å²) in [5.74, 6) is -0.128. The number of carbonyl (C=O) groups is 2. The summed E-state index contributed by atoms with van der Waals surface area (Å²) in [5.41, 5.74) is 2.56. The summed E-state index contributed by atoms with van der Waals surface area (Å²) >= 11 is 6.03. The van der Waals surface area contributed by atoms with E-state index in [0.29, 0.717) is 33.3 Å². The van der Waals surface area contributed by atoms with E-state index in [2.05, 4.69) is 0 Å². The number of nitrogens with zero attached hydrogens (tertiary/aromatic N) is 2. The van der Waals surface area contributed by atoms with Crippen LogP contribution in [0.3, 0.4) is 0 Å². The van der Waals surface area contributed by atoms with Crippen molar-refractivity contribution in [3.63, 3.8) is 0 Å². The Balaban J connectivity index is 1.84. The van der Waals surface area contributed by atoms with Crippen molar-refractivity contribution in [3.8, 4) is 5.75 Å². The lowest BCUT2D eigenvalue weighted by Crippen LogP contribution is -2.34. The van der Waals surface area contributed by atoms with Gasteiger partial charge in [0, 0.05) is 17.8 Å². The van der Waals surface area contributed by atoms with Gasteiger partial charge in [0.1, 0.15) is 11.4 Å². The lowest BCUT2D eigenvalue weighted by Gasteiger charge is -2.21. The lowest BCUT2D eigenvalue weighted by atomic mass is 10.0. The average molecular weight is 419 g/mol. The van der Waals surface area contributed by atoms with Crippen molar-refractivity contribution in [2.75, 3.05) is 24.0 Å². The number of halogens is 1. The number of anilines is 2. The fraction of sp³-hybridized carbons (Fsp3) is 0.0833. The van der Waals surface area contributed by atoms with Crippen LogP contribution in [0.4, 0.5) is 11.4 Å². The first-order valence-corrected chi connectivity index (χ1v) is 9.71. The highest BCUT2D eigenvalue weighted by Crippen LogP contribution is 2.36. The number of rotatable bonds is 5. The van der Waals surface area contributed by atoms with Crippen LogP contribution in [0.25, 0.3) is 5.57 Å². The second-order valence-corrected chi connectivity index (χ2v) is 7.21. The van der Waals surface area contributed by atoms with Gasteiger partial charge in [-0.2, -0.15) is 0 Å². The summed E-state index contributed by atoms with van der Waals surface area (Å²) in [6.07, 6.45) is 0. The van der Waals surface area contributed by atoms with Gasteiger partial charge in [-0.15, -0.1) is 0 Å². The minimum absolute atomic E-state index is 0.310. The maximum absolute atomic E-state index is 13.5. The molecule has 5 nitrogen and oxygen atoms in total. The third-order valence-corrected chi connectivity index (χ3v) is 5.25. The number of likely N-dealkylation sites (N-methyl/N-ethyl adjacent to an activating group) is 1. The molecule has 0 N–H and O–H groups in total. The normalized spacial score (nSPS) is 13.8. The van der Waals surface area contributed by atoms with Crippen LogP contribution in [0, 0.1) is 0 Å². The summed E-state index contributed by atoms with van der Waals surface area (Å²) in [4.78, 5) is 29.9. The van der Waals surface area contributed by atoms with E-state index in [0.717, 1.165) is 5.69 Å². The Labute approximate surface area is 179 Å².